The molecule has 0 aliphatic carbocycles. The fourth-order valence-corrected chi connectivity index (χ4v) is 2.15. The van der Waals surface area contributed by atoms with E-state index in [1.54, 1.807) is 0 Å². The second-order valence-corrected chi connectivity index (χ2v) is 5.43. The van der Waals surface area contributed by atoms with Gasteiger partial charge in [-0.1, -0.05) is 35.5 Å². The van der Waals surface area contributed by atoms with E-state index in [0.717, 1.165) is 5.56 Å². The van der Waals surface area contributed by atoms with Gasteiger partial charge in [-0.05, 0) is 5.56 Å². The van der Waals surface area contributed by atoms with E-state index in [1.165, 1.54) is 0 Å². The molecular weight excluding hydrogens is 229 g/mol. The third-order valence-corrected chi connectivity index (χ3v) is 3.37. The molecule has 2 rings (SSSR count). The summed E-state index contributed by atoms with van der Waals surface area (Å²) in [6.45, 7) is 0. The van der Waals surface area contributed by atoms with Crippen LogP contribution >= 0.6 is 7.60 Å². The molecule has 1 heterocycles. The van der Waals surface area contributed by atoms with Crippen molar-refractivity contribution in [2.24, 2.45) is 5.16 Å². The third kappa shape index (κ3) is 2.70. The smallest absolute Gasteiger partial charge is 0.368 e. The summed E-state index contributed by atoms with van der Waals surface area (Å²) in [5.41, 5.74) is 1.72. The van der Waals surface area contributed by atoms with Gasteiger partial charge in [0.2, 0.25) is 5.85 Å². The lowest BCUT2D eigenvalue weighted by Gasteiger charge is -2.08. The van der Waals surface area contributed by atoms with Gasteiger partial charge >= 0.3 is 7.60 Å². The van der Waals surface area contributed by atoms with Crippen LogP contribution < -0.4 is 0 Å². The molecule has 0 saturated carbocycles. The number of hydrogen-bond donors (Lipinski definition) is 2. The Morgan fingerprint density at radius 3 is 2.62 bits per heavy atom. The lowest BCUT2D eigenvalue weighted by atomic mass is 10.1. The van der Waals surface area contributed by atoms with Gasteiger partial charge in [-0.2, -0.15) is 0 Å². The molecule has 2 N–H and O–H groups in total. The van der Waals surface area contributed by atoms with Crippen molar-refractivity contribution < 1.29 is 19.2 Å². The monoisotopic (exact) mass is 241 g/mol. The average molecular weight is 241 g/mol. The number of rotatable bonds is 3. The summed E-state index contributed by atoms with van der Waals surface area (Å²) in [6.07, 6.45) is 0.760. The zero-order chi connectivity index (χ0) is 11.6. The maximum Gasteiger partial charge on any atom is 0.368 e. The Morgan fingerprint density at radius 1 is 1.38 bits per heavy atom. The highest BCUT2D eigenvalue weighted by atomic mass is 31.2. The van der Waals surface area contributed by atoms with Crippen molar-refractivity contribution in [3.63, 3.8) is 0 Å². The van der Waals surface area contributed by atoms with Crippen molar-refractivity contribution in [3.05, 3.63) is 35.9 Å². The molecular formula is C10H12NO4P. The first-order chi connectivity index (χ1) is 7.55. The normalized spacial score (nSPS) is 20.4. The number of oxime groups is 1. The Morgan fingerprint density at radius 2 is 2.06 bits per heavy atom. The fraction of sp³-hybridized carbons (Fsp3) is 0.300. The van der Waals surface area contributed by atoms with Crippen LogP contribution in [-0.2, 0) is 15.8 Å². The van der Waals surface area contributed by atoms with E-state index in [4.69, 9.17) is 14.6 Å². The Labute approximate surface area is 92.9 Å². The first-order valence-corrected chi connectivity index (χ1v) is 6.54. The average Bonchev–Trinajstić information content (AvgIpc) is 2.67. The fourth-order valence-electron chi connectivity index (χ4n) is 1.53. The Hall–Kier alpha value is -1.16. The maximum absolute atomic E-state index is 10.9. The molecule has 0 saturated heterocycles. The van der Waals surface area contributed by atoms with Crippen LogP contribution in [0.4, 0.5) is 0 Å². The quantitative estimate of drug-likeness (QED) is 0.786. The zero-order valence-electron chi connectivity index (χ0n) is 8.48. The summed E-state index contributed by atoms with van der Waals surface area (Å²) in [5.74, 6) is -1.11. The Balaban J connectivity index is 1.98. The van der Waals surface area contributed by atoms with E-state index < -0.39 is 13.4 Å². The van der Waals surface area contributed by atoms with Gasteiger partial charge in [0.1, 0.15) is 0 Å². The lowest BCUT2D eigenvalue weighted by molar-refractivity contribution is 0.117. The van der Waals surface area contributed by atoms with Gasteiger partial charge in [-0.3, -0.25) is 4.57 Å². The van der Waals surface area contributed by atoms with Crippen molar-refractivity contribution in [1.82, 2.24) is 0 Å². The topological polar surface area (TPSA) is 79.1 Å². The first-order valence-electron chi connectivity index (χ1n) is 4.86. The van der Waals surface area contributed by atoms with Crippen LogP contribution in [0.15, 0.2) is 35.5 Å². The van der Waals surface area contributed by atoms with E-state index in [9.17, 15) is 4.57 Å². The number of nitrogens with zero attached hydrogens (tertiary/aromatic N) is 1. The summed E-state index contributed by atoms with van der Waals surface area (Å²) >= 11 is 0. The maximum atomic E-state index is 10.9. The summed E-state index contributed by atoms with van der Waals surface area (Å²) in [7, 11) is -4.19. The molecule has 0 radical (unpaired) electrons. The largest absolute Gasteiger partial charge is 0.379 e. The van der Waals surface area contributed by atoms with Crippen molar-refractivity contribution in [2.45, 2.75) is 18.7 Å². The molecule has 0 amide bonds. The molecule has 0 fully saturated rings. The first kappa shape index (κ1) is 11.3. The van der Waals surface area contributed by atoms with E-state index in [2.05, 4.69) is 5.16 Å². The number of benzene rings is 1. The Bertz CT molecular complexity index is 439. The van der Waals surface area contributed by atoms with E-state index in [0.29, 0.717) is 12.1 Å². The highest BCUT2D eigenvalue weighted by Gasteiger charge is 2.36. The second kappa shape index (κ2) is 4.37. The highest BCUT2D eigenvalue weighted by molar-refractivity contribution is 7.52. The van der Waals surface area contributed by atoms with E-state index >= 15 is 0 Å². The van der Waals surface area contributed by atoms with Crippen LogP contribution in [0.1, 0.15) is 12.0 Å². The molecule has 0 bridgehead atoms. The summed E-state index contributed by atoms with van der Waals surface area (Å²) < 4.78 is 10.9. The lowest BCUT2D eigenvalue weighted by Crippen LogP contribution is -2.09. The molecule has 86 valence electrons. The van der Waals surface area contributed by atoms with Crippen molar-refractivity contribution in [1.29, 1.82) is 0 Å². The van der Waals surface area contributed by atoms with Crippen molar-refractivity contribution >= 4 is 13.3 Å². The summed E-state index contributed by atoms with van der Waals surface area (Å²) in [6, 6.07) is 9.61. The van der Waals surface area contributed by atoms with Gasteiger partial charge < -0.3 is 14.6 Å². The molecule has 1 aliphatic heterocycles. The van der Waals surface area contributed by atoms with Gasteiger partial charge in [-0.15, -0.1) is 0 Å². The Kier molecular flexibility index (Phi) is 3.10. The predicted molar refractivity (Wildman–Crippen MR) is 59.1 cm³/mol. The standard InChI is InChI=1S/C10H12NO4P/c12-16(13,14)10-7-9(11-15-10)6-8-4-2-1-3-5-8/h1-5,10H,6-7H2,(H2,12,13,14). The summed E-state index contributed by atoms with van der Waals surface area (Å²) in [4.78, 5) is 22.6. The van der Waals surface area contributed by atoms with Gasteiger partial charge in [0.15, 0.2) is 0 Å². The molecule has 0 aromatic heterocycles. The van der Waals surface area contributed by atoms with Crippen LogP contribution in [-0.4, -0.2) is 21.3 Å². The second-order valence-electron chi connectivity index (χ2n) is 3.67. The molecule has 16 heavy (non-hydrogen) atoms. The molecule has 0 spiro atoms. The van der Waals surface area contributed by atoms with Gasteiger partial charge in [-0.25, -0.2) is 0 Å². The van der Waals surface area contributed by atoms with Crippen LogP contribution in [0.5, 0.6) is 0 Å². The van der Waals surface area contributed by atoms with Crippen LogP contribution in [0.3, 0.4) is 0 Å². The minimum Gasteiger partial charge on any atom is -0.379 e. The van der Waals surface area contributed by atoms with Gasteiger partial charge in [0.25, 0.3) is 0 Å². The van der Waals surface area contributed by atoms with E-state index in [1.807, 2.05) is 30.3 Å². The van der Waals surface area contributed by atoms with Crippen LogP contribution in [0.25, 0.3) is 0 Å². The molecule has 6 heteroatoms. The minimum absolute atomic E-state index is 0.194. The molecule has 1 aromatic rings. The highest BCUT2D eigenvalue weighted by Crippen LogP contribution is 2.45. The summed E-state index contributed by atoms with van der Waals surface area (Å²) in [5, 5.41) is 3.70. The number of hydrogen-bond acceptors (Lipinski definition) is 3. The van der Waals surface area contributed by atoms with E-state index in [-0.39, 0.29) is 6.42 Å². The van der Waals surface area contributed by atoms with Gasteiger partial charge in [0.05, 0.1) is 5.71 Å². The third-order valence-electron chi connectivity index (χ3n) is 2.34. The predicted octanol–water partition coefficient (Wildman–Crippen LogP) is 1.51. The van der Waals surface area contributed by atoms with Gasteiger partial charge in [0, 0.05) is 12.8 Å². The van der Waals surface area contributed by atoms with Crippen LogP contribution in [0.2, 0.25) is 0 Å². The minimum atomic E-state index is -4.19. The SMILES string of the molecule is O=P(O)(O)C1CC(Cc2ccccc2)=NO1. The molecule has 1 aliphatic rings. The molecule has 1 aromatic carbocycles. The molecule has 1 atom stereocenters. The molecule has 5 nitrogen and oxygen atoms in total. The van der Waals surface area contributed by atoms with Crippen LogP contribution in [0, 0.1) is 0 Å². The van der Waals surface area contributed by atoms with Crippen molar-refractivity contribution in [2.75, 3.05) is 0 Å². The molecule has 1 unspecified atom stereocenters. The van der Waals surface area contributed by atoms with Crippen molar-refractivity contribution in [3.8, 4) is 0 Å². The zero-order valence-corrected chi connectivity index (χ0v) is 9.38.